The van der Waals surface area contributed by atoms with Gasteiger partial charge in [-0.2, -0.15) is 10.2 Å². The molecule has 10 rings (SSSR count). The summed E-state index contributed by atoms with van der Waals surface area (Å²) in [5.41, 5.74) is 16.3. The summed E-state index contributed by atoms with van der Waals surface area (Å²) in [6.45, 7) is 0. The van der Waals surface area contributed by atoms with Crippen molar-refractivity contribution in [3.63, 3.8) is 0 Å². The number of H-pyrrole nitrogens is 2. The van der Waals surface area contributed by atoms with Gasteiger partial charge in [-0.15, -0.1) is 22.7 Å². The number of aromatic amines is 2. The molecule has 2 aliphatic carbocycles. The van der Waals surface area contributed by atoms with Gasteiger partial charge < -0.3 is 9.80 Å². The fraction of sp³-hybridized carbons (Fsp3) is 0.167. The van der Waals surface area contributed by atoms with Crippen LogP contribution in [0.2, 0.25) is 0 Å². The van der Waals surface area contributed by atoms with Crippen LogP contribution in [0, 0.1) is 0 Å². The summed E-state index contributed by atoms with van der Waals surface area (Å²) in [5, 5.41) is 20.8. The van der Waals surface area contributed by atoms with Crippen LogP contribution in [-0.4, -0.2) is 58.6 Å². The third kappa shape index (κ3) is 6.78. The van der Waals surface area contributed by atoms with Crippen LogP contribution in [0.1, 0.15) is 44.8 Å². The molecule has 2 N–H and O–H groups in total. The Hall–Kier alpha value is -6.36. The van der Waals surface area contributed by atoms with Crippen LogP contribution in [0.4, 0.5) is 11.4 Å². The molecule has 0 bridgehead atoms. The molecule has 8 aromatic rings. The maximum atomic E-state index is 4.60. The maximum Gasteiger partial charge on any atom is 0.144 e. The lowest BCUT2D eigenvalue weighted by atomic mass is 9.68. The van der Waals surface area contributed by atoms with Crippen LogP contribution in [-0.2, 0) is 23.7 Å². The molecular formula is C48H44N8S2. The van der Waals surface area contributed by atoms with E-state index in [1.54, 1.807) is 22.7 Å². The lowest BCUT2D eigenvalue weighted by molar-refractivity contribution is 0.620. The minimum absolute atomic E-state index is 0.230. The highest BCUT2D eigenvalue weighted by Crippen LogP contribution is 2.45. The zero-order valence-electron chi connectivity index (χ0n) is 32.9. The van der Waals surface area contributed by atoms with Gasteiger partial charge in [0.25, 0.3) is 0 Å². The second-order valence-electron chi connectivity index (χ2n) is 15.2. The van der Waals surface area contributed by atoms with Gasteiger partial charge in [-0.3, -0.25) is 10.2 Å². The van der Waals surface area contributed by atoms with Crippen LogP contribution in [0.15, 0.2) is 144 Å². The number of fused-ring (bicyclic) bond motifs is 2. The van der Waals surface area contributed by atoms with E-state index in [0.717, 1.165) is 57.4 Å². The van der Waals surface area contributed by atoms with Gasteiger partial charge in [0.15, 0.2) is 0 Å². The second kappa shape index (κ2) is 15.5. The third-order valence-corrected chi connectivity index (χ3v) is 12.8. The molecule has 0 amide bonds. The molecule has 288 valence electrons. The number of hydrogen-bond acceptors (Lipinski definition) is 8. The number of nitrogens with one attached hydrogen (secondary N) is 2. The first kappa shape index (κ1) is 37.2. The first-order valence-electron chi connectivity index (χ1n) is 19.3. The predicted molar refractivity (Wildman–Crippen MR) is 241 cm³/mol. The van der Waals surface area contributed by atoms with Crippen molar-refractivity contribution in [3.05, 3.63) is 189 Å². The Balaban J connectivity index is 0.000000150. The molecule has 8 nitrogen and oxygen atoms in total. The van der Waals surface area contributed by atoms with Gasteiger partial charge in [0.05, 0.1) is 5.51 Å². The van der Waals surface area contributed by atoms with Gasteiger partial charge >= 0.3 is 0 Å². The number of allylic oxidation sites excluding steroid dienone is 2. The van der Waals surface area contributed by atoms with Crippen molar-refractivity contribution in [2.24, 2.45) is 0 Å². The summed E-state index contributed by atoms with van der Waals surface area (Å²) in [4.78, 5) is 13.1. The molecule has 2 unspecified atom stereocenters. The lowest BCUT2D eigenvalue weighted by Crippen LogP contribution is -2.30. The molecule has 0 aliphatic heterocycles. The van der Waals surface area contributed by atoms with Crippen molar-refractivity contribution in [1.82, 2.24) is 30.4 Å². The van der Waals surface area contributed by atoms with Gasteiger partial charge in [-0.1, -0.05) is 109 Å². The molecular weight excluding hydrogens is 753 g/mol. The Labute approximate surface area is 347 Å². The van der Waals surface area contributed by atoms with E-state index in [0.29, 0.717) is 0 Å². The van der Waals surface area contributed by atoms with Gasteiger partial charge in [0.2, 0.25) is 0 Å². The van der Waals surface area contributed by atoms with Crippen LogP contribution in [0.5, 0.6) is 0 Å². The molecule has 4 aromatic heterocycles. The molecule has 0 saturated carbocycles. The summed E-state index contributed by atoms with van der Waals surface area (Å²) in [6, 6.07) is 39.2. The van der Waals surface area contributed by atoms with Crippen molar-refractivity contribution >= 4 is 46.2 Å². The Bertz CT molecular complexity index is 2470. The molecule has 4 aromatic carbocycles. The number of rotatable bonds is 8. The molecule has 2 atom stereocenters. The van der Waals surface area contributed by atoms with Gasteiger partial charge in [0, 0.05) is 103 Å². The number of anilines is 2. The Morgan fingerprint density at radius 1 is 0.569 bits per heavy atom. The van der Waals surface area contributed by atoms with Crippen LogP contribution >= 0.6 is 22.7 Å². The monoisotopic (exact) mass is 796 g/mol. The zero-order chi connectivity index (χ0) is 39.7. The zero-order valence-corrected chi connectivity index (χ0v) is 34.6. The first-order chi connectivity index (χ1) is 28.3. The van der Waals surface area contributed by atoms with Crippen LogP contribution < -0.4 is 9.80 Å². The second-order valence-corrected chi connectivity index (χ2v) is 16.8. The number of thiazole rings is 2. The quantitative estimate of drug-likeness (QED) is 0.159. The summed E-state index contributed by atoms with van der Waals surface area (Å²) in [6.07, 6.45) is 12.6. The number of hydrogen-bond donors (Lipinski definition) is 2. The van der Waals surface area contributed by atoms with Gasteiger partial charge in [-0.05, 0) is 46.5 Å². The van der Waals surface area contributed by atoms with Crippen molar-refractivity contribution in [3.8, 4) is 22.1 Å². The molecule has 10 heteroatoms. The molecule has 58 heavy (non-hydrogen) atoms. The molecule has 4 heterocycles. The highest BCUT2D eigenvalue weighted by Gasteiger charge is 2.38. The summed E-state index contributed by atoms with van der Waals surface area (Å²) >= 11 is 3.21. The average Bonchev–Trinajstić information content (AvgIpc) is 4.12. The number of aromatic nitrogens is 6. The number of nitrogens with zero attached hydrogens (tertiary/aromatic N) is 6. The Morgan fingerprint density at radius 2 is 1.05 bits per heavy atom. The molecule has 0 radical (unpaired) electrons. The molecule has 0 saturated heterocycles. The smallest absolute Gasteiger partial charge is 0.144 e. The Kier molecular flexibility index (Phi) is 9.97. The topological polar surface area (TPSA) is 89.6 Å². The van der Waals surface area contributed by atoms with Crippen molar-refractivity contribution in [1.29, 1.82) is 0 Å². The lowest BCUT2D eigenvalue weighted by Gasteiger charge is -2.34. The van der Waals surface area contributed by atoms with E-state index >= 15 is 0 Å². The standard InChI is InChI=1S/2C24H22N4S/c1-28(2)19-10-8-18(9-11-19)24(17-6-4-3-5-7-17)13-12-20-21(14-24)26-27-23(20)22-15-29-16-25-22;1-28(2)19-10-8-18(9-11-19)24(17-6-4-3-5-7-17)13-12-20-21(16-24)26-27-22(20)23-25-14-15-29-23/h3-13,15-16H,14H2,1-2H3,(H,26,27);3-15H,16H2,1-2H3,(H,26,27). The molecule has 0 spiro atoms. The van der Waals surface area contributed by atoms with Gasteiger partial charge in [-0.25, -0.2) is 9.97 Å². The normalized spacial score (nSPS) is 17.9. The average molecular weight is 797 g/mol. The van der Waals surface area contributed by atoms with E-state index in [4.69, 9.17) is 0 Å². The van der Waals surface area contributed by atoms with E-state index in [2.05, 4.69) is 202 Å². The van der Waals surface area contributed by atoms with Crippen LogP contribution in [0.3, 0.4) is 0 Å². The van der Waals surface area contributed by atoms with Crippen LogP contribution in [0.25, 0.3) is 34.2 Å². The van der Waals surface area contributed by atoms with E-state index in [1.165, 1.54) is 33.6 Å². The minimum Gasteiger partial charge on any atom is -0.378 e. The van der Waals surface area contributed by atoms with E-state index in [1.807, 2.05) is 22.5 Å². The van der Waals surface area contributed by atoms with Crippen molar-refractivity contribution in [2.75, 3.05) is 38.0 Å². The van der Waals surface area contributed by atoms with E-state index in [9.17, 15) is 0 Å². The molecule has 0 fully saturated rings. The highest BCUT2D eigenvalue weighted by molar-refractivity contribution is 7.13. The Morgan fingerprint density at radius 3 is 1.50 bits per heavy atom. The fourth-order valence-corrected chi connectivity index (χ4v) is 9.44. The summed E-state index contributed by atoms with van der Waals surface area (Å²) in [5.74, 6) is 0. The van der Waals surface area contributed by atoms with E-state index < -0.39 is 0 Å². The van der Waals surface area contributed by atoms with Crippen molar-refractivity contribution in [2.45, 2.75) is 23.7 Å². The summed E-state index contributed by atoms with van der Waals surface area (Å²) in [7, 11) is 8.28. The maximum absolute atomic E-state index is 4.60. The first-order valence-corrected chi connectivity index (χ1v) is 21.1. The fourth-order valence-electron chi connectivity index (χ4n) is 8.27. The predicted octanol–water partition coefficient (Wildman–Crippen LogP) is 10.3. The number of benzene rings is 4. The third-order valence-electron chi connectivity index (χ3n) is 11.4. The van der Waals surface area contributed by atoms with E-state index in [-0.39, 0.29) is 10.8 Å². The van der Waals surface area contributed by atoms with Crippen molar-refractivity contribution < 1.29 is 0 Å². The summed E-state index contributed by atoms with van der Waals surface area (Å²) < 4.78 is 0. The largest absolute Gasteiger partial charge is 0.378 e. The SMILES string of the molecule is CN(C)c1ccc(C2(c3ccccc3)C=Cc3c(-c4cscn4)n[nH]c3C2)cc1.CN(C)c1ccc(C2(c3ccccc3)C=Cc3c(-c4nccs4)n[nH]c3C2)cc1. The molecule has 2 aliphatic rings. The minimum atomic E-state index is -0.231. The highest BCUT2D eigenvalue weighted by atomic mass is 32.1. The van der Waals surface area contributed by atoms with Gasteiger partial charge in [0.1, 0.15) is 22.1 Å².